The van der Waals surface area contributed by atoms with Crippen molar-refractivity contribution in [2.45, 2.75) is 13.0 Å². The van der Waals surface area contributed by atoms with Crippen LogP contribution in [0.1, 0.15) is 5.56 Å². The van der Waals surface area contributed by atoms with Crippen LogP contribution in [0.4, 0.5) is 14.9 Å². The molecular weight excluding hydrogens is 213 g/mol. The summed E-state index contributed by atoms with van der Waals surface area (Å²) in [7, 11) is 0. The lowest BCUT2D eigenvalue weighted by atomic mass is 10.2. The first-order valence-electron chi connectivity index (χ1n) is 4.96. The van der Waals surface area contributed by atoms with Gasteiger partial charge in [0.1, 0.15) is 12.4 Å². The van der Waals surface area contributed by atoms with E-state index in [9.17, 15) is 9.18 Å². The van der Waals surface area contributed by atoms with Crippen LogP contribution in [-0.2, 0) is 4.74 Å². The molecule has 0 aliphatic carbocycles. The topological polar surface area (TPSA) is 49.8 Å². The van der Waals surface area contributed by atoms with Gasteiger partial charge in [0.25, 0.3) is 0 Å². The van der Waals surface area contributed by atoms with Crippen molar-refractivity contribution in [2.75, 3.05) is 18.1 Å². The molecule has 1 fully saturated rings. The molecule has 5 heteroatoms. The van der Waals surface area contributed by atoms with Crippen molar-refractivity contribution in [3.8, 4) is 0 Å². The minimum Gasteiger partial charge on any atom is -0.447 e. The maximum Gasteiger partial charge on any atom is 0.414 e. The van der Waals surface area contributed by atoms with Crippen LogP contribution in [0, 0.1) is 12.7 Å². The fraction of sp³-hybridized carbons (Fsp3) is 0.364. The second-order valence-corrected chi connectivity index (χ2v) is 3.72. The Morgan fingerprint density at radius 1 is 1.62 bits per heavy atom. The van der Waals surface area contributed by atoms with E-state index in [1.807, 2.05) is 0 Å². The first kappa shape index (κ1) is 10.9. The second-order valence-electron chi connectivity index (χ2n) is 3.72. The van der Waals surface area contributed by atoms with Crippen LogP contribution in [0.25, 0.3) is 0 Å². The van der Waals surface area contributed by atoms with E-state index >= 15 is 0 Å². The fourth-order valence-corrected chi connectivity index (χ4v) is 1.64. The van der Waals surface area contributed by atoms with Crippen LogP contribution in [0.15, 0.2) is 18.2 Å². The lowest BCUT2D eigenvalue weighted by Gasteiger charge is -2.19. The molecule has 16 heavy (non-hydrogen) atoms. The van der Waals surface area contributed by atoms with Gasteiger partial charge in [0.2, 0.25) is 0 Å². The third-order valence-corrected chi connectivity index (χ3v) is 2.61. The van der Waals surface area contributed by atoms with Crippen molar-refractivity contribution in [2.24, 2.45) is 0 Å². The predicted molar refractivity (Wildman–Crippen MR) is 55.8 cm³/mol. The molecule has 0 aromatic heterocycles. The molecule has 1 amide bonds. The van der Waals surface area contributed by atoms with Gasteiger partial charge in [-0.2, -0.15) is 0 Å². The molecule has 1 aromatic rings. The molecule has 1 saturated heterocycles. The molecule has 1 atom stereocenters. The lowest BCUT2D eigenvalue weighted by molar-refractivity contribution is 0.174. The smallest absolute Gasteiger partial charge is 0.414 e. The molecule has 0 saturated carbocycles. The van der Waals surface area contributed by atoms with Crippen LogP contribution in [0.3, 0.4) is 0 Å². The first-order valence-corrected chi connectivity index (χ1v) is 4.96. The van der Waals surface area contributed by atoms with Crippen molar-refractivity contribution >= 4 is 11.8 Å². The van der Waals surface area contributed by atoms with Crippen LogP contribution in [0.5, 0.6) is 0 Å². The van der Waals surface area contributed by atoms with E-state index in [2.05, 4.69) is 0 Å². The van der Waals surface area contributed by atoms with Gasteiger partial charge in [0, 0.05) is 0 Å². The zero-order valence-electron chi connectivity index (χ0n) is 8.81. The highest BCUT2D eigenvalue weighted by atomic mass is 19.1. The van der Waals surface area contributed by atoms with Crippen molar-refractivity contribution in [3.63, 3.8) is 0 Å². The SMILES string of the molecule is Cc1ccc(N2C(=O)OCC2CO)cc1F. The number of amides is 1. The summed E-state index contributed by atoms with van der Waals surface area (Å²) < 4.78 is 18.1. The number of carbonyl (C=O) groups excluding carboxylic acids is 1. The standard InChI is InChI=1S/C11H12FNO3/c1-7-2-3-8(4-10(7)12)13-9(5-14)6-16-11(13)15/h2-4,9,14H,5-6H2,1H3. The summed E-state index contributed by atoms with van der Waals surface area (Å²) >= 11 is 0. The number of cyclic esters (lactones) is 1. The highest BCUT2D eigenvalue weighted by Crippen LogP contribution is 2.24. The highest BCUT2D eigenvalue weighted by Gasteiger charge is 2.33. The molecule has 1 aliphatic heterocycles. The summed E-state index contributed by atoms with van der Waals surface area (Å²) in [6.45, 7) is 1.57. The van der Waals surface area contributed by atoms with Crippen molar-refractivity contribution < 1.29 is 19.0 Å². The Balaban J connectivity index is 2.35. The summed E-state index contributed by atoms with van der Waals surface area (Å²) in [6, 6.07) is 4.05. The van der Waals surface area contributed by atoms with Crippen LogP contribution in [0.2, 0.25) is 0 Å². The van der Waals surface area contributed by atoms with E-state index in [1.165, 1.54) is 11.0 Å². The van der Waals surface area contributed by atoms with Gasteiger partial charge in [-0.1, -0.05) is 6.07 Å². The summed E-state index contributed by atoms with van der Waals surface area (Å²) in [5.74, 6) is -0.381. The molecule has 86 valence electrons. The van der Waals surface area contributed by atoms with Gasteiger partial charge < -0.3 is 9.84 Å². The maximum absolute atomic E-state index is 13.3. The summed E-state index contributed by atoms with van der Waals surface area (Å²) in [6.07, 6.45) is -0.553. The number of aryl methyl sites for hydroxylation is 1. The van der Waals surface area contributed by atoms with Gasteiger partial charge in [-0.3, -0.25) is 4.90 Å². The molecule has 1 aromatic carbocycles. The number of anilines is 1. The molecule has 0 bridgehead atoms. The monoisotopic (exact) mass is 225 g/mol. The van der Waals surface area contributed by atoms with Gasteiger partial charge in [0.05, 0.1) is 18.3 Å². The van der Waals surface area contributed by atoms with E-state index in [4.69, 9.17) is 9.84 Å². The molecule has 2 rings (SSSR count). The number of carbonyl (C=O) groups is 1. The van der Waals surface area contributed by atoms with E-state index in [1.54, 1.807) is 19.1 Å². The van der Waals surface area contributed by atoms with Gasteiger partial charge in [-0.15, -0.1) is 0 Å². The fourth-order valence-electron chi connectivity index (χ4n) is 1.64. The number of nitrogens with zero attached hydrogens (tertiary/aromatic N) is 1. The third kappa shape index (κ3) is 1.74. The van der Waals surface area contributed by atoms with Crippen molar-refractivity contribution in [1.29, 1.82) is 0 Å². The molecule has 1 N–H and O–H groups in total. The van der Waals surface area contributed by atoms with Crippen LogP contribution < -0.4 is 4.90 Å². The number of hydrogen-bond acceptors (Lipinski definition) is 3. The van der Waals surface area contributed by atoms with E-state index < -0.39 is 12.1 Å². The molecule has 1 aliphatic rings. The molecule has 0 spiro atoms. The predicted octanol–water partition coefficient (Wildman–Crippen LogP) is 1.45. The summed E-state index contributed by atoms with van der Waals surface area (Å²) in [4.78, 5) is 12.7. The zero-order valence-corrected chi connectivity index (χ0v) is 8.81. The number of aliphatic hydroxyl groups is 1. The minimum absolute atomic E-state index is 0.130. The Morgan fingerprint density at radius 2 is 2.38 bits per heavy atom. The number of benzene rings is 1. The van der Waals surface area contributed by atoms with Gasteiger partial charge in [0.15, 0.2) is 0 Å². The Bertz CT molecular complexity index is 422. The molecule has 4 nitrogen and oxygen atoms in total. The number of hydrogen-bond donors (Lipinski definition) is 1. The van der Waals surface area contributed by atoms with Gasteiger partial charge in [-0.05, 0) is 24.6 Å². The summed E-state index contributed by atoms with van der Waals surface area (Å²) in [5, 5.41) is 9.07. The highest BCUT2D eigenvalue weighted by molar-refractivity contribution is 5.90. The molecular formula is C11H12FNO3. The Kier molecular flexibility index (Phi) is 2.78. The van der Waals surface area contributed by atoms with Crippen molar-refractivity contribution in [1.82, 2.24) is 0 Å². The first-order chi connectivity index (χ1) is 7.63. The Labute approximate surface area is 92.2 Å². The second kappa shape index (κ2) is 4.09. The normalized spacial score (nSPS) is 20.1. The van der Waals surface area contributed by atoms with Crippen LogP contribution >= 0.6 is 0 Å². The average Bonchev–Trinajstić information content (AvgIpc) is 2.64. The Morgan fingerprint density at radius 3 is 3.00 bits per heavy atom. The average molecular weight is 225 g/mol. The number of ether oxygens (including phenoxy) is 1. The van der Waals surface area contributed by atoms with Crippen LogP contribution in [-0.4, -0.2) is 30.5 Å². The maximum atomic E-state index is 13.3. The quantitative estimate of drug-likeness (QED) is 0.828. The molecule has 1 heterocycles. The molecule has 0 radical (unpaired) electrons. The largest absolute Gasteiger partial charge is 0.447 e. The Hall–Kier alpha value is -1.62. The number of rotatable bonds is 2. The molecule has 1 unspecified atom stereocenters. The number of aliphatic hydroxyl groups excluding tert-OH is 1. The lowest BCUT2D eigenvalue weighted by Crippen LogP contribution is -2.36. The minimum atomic E-state index is -0.553. The van der Waals surface area contributed by atoms with Gasteiger partial charge >= 0.3 is 6.09 Å². The van der Waals surface area contributed by atoms with E-state index in [0.29, 0.717) is 11.3 Å². The zero-order chi connectivity index (χ0) is 11.7. The van der Waals surface area contributed by atoms with Crippen molar-refractivity contribution in [3.05, 3.63) is 29.6 Å². The van der Waals surface area contributed by atoms with Gasteiger partial charge in [-0.25, -0.2) is 9.18 Å². The summed E-state index contributed by atoms with van der Waals surface area (Å²) in [5.41, 5.74) is 0.918. The van der Waals surface area contributed by atoms with E-state index in [-0.39, 0.29) is 19.0 Å². The number of halogens is 1. The third-order valence-electron chi connectivity index (χ3n) is 2.61. The van der Waals surface area contributed by atoms with E-state index in [0.717, 1.165) is 0 Å².